The molecule has 0 saturated heterocycles. The molecule has 0 bridgehead atoms. The molecule has 2 aromatic rings. The molecule has 1 amide bonds. The van der Waals surface area contributed by atoms with Gasteiger partial charge >= 0.3 is 0 Å². The third kappa shape index (κ3) is 3.50. The van der Waals surface area contributed by atoms with Crippen LogP contribution in [0.15, 0.2) is 18.2 Å². The van der Waals surface area contributed by atoms with Gasteiger partial charge in [-0.2, -0.15) is 0 Å². The molecular weight excluding hydrogens is 372 g/mol. The number of rotatable bonds is 6. The maximum absolute atomic E-state index is 13.3. The molecule has 1 unspecified atom stereocenters. The Balaban J connectivity index is 2.16. The highest BCUT2D eigenvalue weighted by molar-refractivity contribution is 6.30. The van der Waals surface area contributed by atoms with Gasteiger partial charge in [0.2, 0.25) is 11.8 Å². The Morgan fingerprint density at radius 1 is 1.11 bits per heavy atom. The highest BCUT2D eigenvalue weighted by Gasteiger charge is 2.42. The molecule has 4 nitrogen and oxygen atoms in total. The van der Waals surface area contributed by atoms with Crippen LogP contribution in [-0.2, 0) is 4.79 Å². The van der Waals surface area contributed by atoms with Crippen LogP contribution in [-0.4, -0.2) is 16.9 Å². The van der Waals surface area contributed by atoms with E-state index in [1.807, 2.05) is 50.8 Å². The van der Waals surface area contributed by atoms with Crippen molar-refractivity contribution in [2.45, 2.75) is 72.8 Å². The predicted octanol–water partition coefficient (Wildman–Crippen LogP) is 6.48. The second-order valence-corrected chi connectivity index (χ2v) is 8.05. The van der Waals surface area contributed by atoms with Gasteiger partial charge in [0.1, 0.15) is 5.75 Å². The molecular formula is C23H29ClN2O2. The highest BCUT2D eigenvalue weighted by atomic mass is 35.5. The van der Waals surface area contributed by atoms with Crippen molar-refractivity contribution < 1.29 is 9.53 Å². The van der Waals surface area contributed by atoms with Crippen LogP contribution >= 0.6 is 11.6 Å². The van der Waals surface area contributed by atoms with E-state index in [1.54, 1.807) is 0 Å². The van der Waals surface area contributed by atoms with Gasteiger partial charge in [-0.1, -0.05) is 32.4 Å². The molecule has 1 aromatic heterocycles. The first kappa shape index (κ1) is 20.7. The van der Waals surface area contributed by atoms with Gasteiger partial charge in [0, 0.05) is 16.8 Å². The van der Waals surface area contributed by atoms with Crippen molar-refractivity contribution in [3.63, 3.8) is 0 Å². The number of ether oxygens (including phenoxy) is 1. The van der Waals surface area contributed by atoms with Crippen molar-refractivity contribution in [3.05, 3.63) is 45.6 Å². The summed E-state index contributed by atoms with van der Waals surface area (Å²) < 4.78 is 6.35. The summed E-state index contributed by atoms with van der Waals surface area (Å²) in [5.74, 6) is 1.24. The molecule has 3 rings (SSSR count). The van der Waals surface area contributed by atoms with Gasteiger partial charge in [0.15, 0.2) is 0 Å². The largest absolute Gasteiger partial charge is 0.438 e. The number of hydrogen-bond donors (Lipinski definition) is 0. The zero-order valence-corrected chi connectivity index (χ0v) is 18.4. The quantitative estimate of drug-likeness (QED) is 0.557. The first-order chi connectivity index (χ1) is 13.3. The summed E-state index contributed by atoms with van der Waals surface area (Å²) in [7, 11) is 0. The number of aryl methyl sites for hydroxylation is 3. The lowest BCUT2D eigenvalue weighted by Gasteiger charge is -2.27. The molecule has 0 saturated carbocycles. The van der Waals surface area contributed by atoms with E-state index in [9.17, 15) is 4.79 Å². The van der Waals surface area contributed by atoms with Crippen LogP contribution in [0.25, 0.3) is 0 Å². The average molecular weight is 401 g/mol. The molecule has 0 radical (unpaired) electrons. The van der Waals surface area contributed by atoms with Crippen molar-refractivity contribution in [1.29, 1.82) is 0 Å². The zero-order chi connectivity index (χ0) is 20.6. The van der Waals surface area contributed by atoms with Gasteiger partial charge in [-0.05, 0) is 69.4 Å². The summed E-state index contributed by atoms with van der Waals surface area (Å²) in [5.41, 5.74) is 4.63. The maximum Gasteiger partial charge on any atom is 0.235 e. The number of amides is 1. The number of aromatic nitrogens is 1. The smallest absolute Gasteiger partial charge is 0.235 e. The van der Waals surface area contributed by atoms with Gasteiger partial charge in [-0.25, -0.2) is 4.98 Å². The number of nitrogens with zero attached hydrogens (tertiary/aromatic N) is 2. The predicted molar refractivity (Wildman–Crippen MR) is 115 cm³/mol. The van der Waals surface area contributed by atoms with Crippen LogP contribution in [0, 0.1) is 20.8 Å². The Morgan fingerprint density at radius 2 is 1.71 bits per heavy atom. The lowest BCUT2D eigenvalue weighted by atomic mass is 9.99. The summed E-state index contributed by atoms with van der Waals surface area (Å²) in [6.45, 7) is 12.2. The summed E-state index contributed by atoms with van der Waals surface area (Å²) in [6, 6.07) is 5.99. The molecule has 0 fully saturated rings. The zero-order valence-electron chi connectivity index (χ0n) is 17.6. The fourth-order valence-electron chi connectivity index (χ4n) is 4.22. The Bertz CT molecular complexity index is 883. The molecule has 0 aliphatic carbocycles. The first-order valence-corrected chi connectivity index (χ1v) is 10.5. The standard InChI is InChI=1S/C23H29ClN2O2/c1-7-17(8-2)26-19-12-15(6)25-22(20(19)18(9-3)23(26)27)28-21-13(4)10-16(24)11-14(21)5/h10-12,17-18H,7-9H2,1-6H3. The number of fused-ring (bicyclic) bond motifs is 1. The fraction of sp³-hybridized carbons (Fsp3) is 0.478. The Kier molecular flexibility index (Phi) is 5.99. The number of hydrogen-bond acceptors (Lipinski definition) is 3. The number of halogens is 1. The summed E-state index contributed by atoms with van der Waals surface area (Å²) >= 11 is 6.17. The van der Waals surface area contributed by atoms with Crippen molar-refractivity contribution in [1.82, 2.24) is 4.98 Å². The molecule has 0 spiro atoms. The van der Waals surface area contributed by atoms with E-state index in [0.29, 0.717) is 10.9 Å². The monoisotopic (exact) mass is 400 g/mol. The Morgan fingerprint density at radius 3 is 2.25 bits per heavy atom. The first-order valence-electron chi connectivity index (χ1n) is 10.1. The van der Waals surface area contributed by atoms with E-state index in [0.717, 1.165) is 53.1 Å². The van der Waals surface area contributed by atoms with Crippen LogP contribution in [0.3, 0.4) is 0 Å². The van der Waals surface area contributed by atoms with E-state index in [4.69, 9.17) is 16.3 Å². The van der Waals surface area contributed by atoms with E-state index < -0.39 is 0 Å². The Hall–Kier alpha value is -2.07. The normalized spacial score (nSPS) is 16.1. The van der Waals surface area contributed by atoms with E-state index >= 15 is 0 Å². The lowest BCUT2D eigenvalue weighted by molar-refractivity contribution is -0.119. The van der Waals surface area contributed by atoms with Gasteiger partial charge in [0.25, 0.3) is 0 Å². The van der Waals surface area contributed by atoms with Crippen molar-refractivity contribution in [2.24, 2.45) is 0 Å². The van der Waals surface area contributed by atoms with E-state index in [2.05, 4.69) is 18.8 Å². The SMILES string of the molecule is CCC1C(=O)N(C(CC)CC)c2cc(C)nc(Oc3c(C)cc(Cl)cc3C)c21. The lowest BCUT2D eigenvalue weighted by Crippen LogP contribution is -2.38. The van der Waals surface area contributed by atoms with Gasteiger partial charge in [0.05, 0.1) is 17.2 Å². The van der Waals surface area contributed by atoms with Crippen molar-refractivity contribution in [2.75, 3.05) is 4.90 Å². The van der Waals surface area contributed by atoms with Crippen LogP contribution in [0.5, 0.6) is 11.6 Å². The third-order valence-electron chi connectivity index (χ3n) is 5.61. The summed E-state index contributed by atoms with van der Waals surface area (Å²) in [5, 5.41) is 0.686. The molecule has 28 heavy (non-hydrogen) atoms. The minimum absolute atomic E-state index is 0.160. The molecule has 1 aromatic carbocycles. The Labute approximate surface area is 172 Å². The van der Waals surface area contributed by atoms with E-state index in [1.165, 1.54) is 0 Å². The summed E-state index contributed by atoms with van der Waals surface area (Å²) in [4.78, 5) is 19.9. The number of anilines is 1. The average Bonchev–Trinajstić information content (AvgIpc) is 2.91. The van der Waals surface area contributed by atoms with Crippen molar-refractivity contribution >= 4 is 23.2 Å². The molecule has 1 aliphatic heterocycles. The number of carbonyl (C=O) groups is 1. The molecule has 0 N–H and O–H groups in total. The van der Waals surface area contributed by atoms with Crippen LogP contribution in [0.4, 0.5) is 5.69 Å². The molecule has 5 heteroatoms. The van der Waals surface area contributed by atoms with Gasteiger partial charge in [-0.15, -0.1) is 0 Å². The molecule has 1 aliphatic rings. The topological polar surface area (TPSA) is 42.4 Å². The second kappa shape index (κ2) is 8.12. The highest BCUT2D eigenvalue weighted by Crippen LogP contribution is 2.47. The maximum atomic E-state index is 13.3. The number of benzene rings is 1. The molecule has 2 heterocycles. The third-order valence-corrected chi connectivity index (χ3v) is 5.83. The van der Waals surface area contributed by atoms with Crippen LogP contribution in [0.2, 0.25) is 5.02 Å². The van der Waals surface area contributed by atoms with Gasteiger partial charge < -0.3 is 9.64 Å². The van der Waals surface area contributed by atoms with Crippen LogP contribution in [0.1, 0.15) is 68.3 Å². The minimum atomic E-state index is -0.216. The fourth-order valence-corrected chi connectivity index (χ4v) is 4.54. The minimum Gasteiger partial charge on any atom is -0.438 e. The van der Waals surface area contributed by atoms with Gasteiger partial charge in [-0.3, -0.25) is 4.79 Å². The number of carbonyl (C=O) groups excluding carboxylic acids is 1. The molecule has 1 atom stereocenters. The second-order valence-electron chi connectivity index (χ2n) is 7.61. The van der Waals surface area contributed by atoms with Crippen molar-refractivity contribution in [3.8, 4) is 11.6 Å². The van der Waals surface area contributed by atoms with Crippen LogP contribution < -0.4 is 9.64 Å². The molecule has 150 valence electrons. The summed E-state index contributed by atoms with van der Waals surface area (Å²) in [6.07, 6.45) is 2.57. The number of pyridine rings is 1. The van der Waals surface area contributed by atoms with E-state index in [-0.39, 0.29) is 17.9 Å².